The van der Waals surface area contributed by atoms with E-state index in [1.807, 2.05) is 13.8 Å². The predicted molar refractivity (Wildman–Crippen MR) is 81.5 cm³/mol. The van der Waals surface area contributed by atoms with Gasteiger partial charge in [-0.05, 0) is 27.7 Å². The van der Waals surface area contributed by atoms with Crippen LogP contribution in [0.4, 0.5) is 5.88 Å². The Hall–Kier alpha value is -1.63. The number of amides is 1. The average Bonchev–Trinajstić information content (AvgIpc) is 2.97. The average molecular weight is 356 g/mol. The van der Waals surface area contributed by atoms with Gasteiger partial charge in [-0.3, -0.25) is 10.1 Å². The van der Waals surface area contributed by atoms with Gasteiger partial charge in [-0.1, -0.05) is 21.1 Å². The molecule has 0 aliphatic rings. The Labute approximate surface area is 131 Å². The second-order valence-corrected chi connectivity index (χ2v) is 7.85. The van der Waals surface area contributed by atoms with Crippen LogP contribution in [0.2, 0.25) is 0 Å². The minimum atomic E-state index is -0.683. The van der Waals surface area contributed by atoms with Gasteiger partial charge in [0.05, 0.1) is 21.6 Å². The van der Waals surface area contributed by atoms with Crippen LogP contribution >= 0.6 is 15.9 Å². The number of anilines is 1. The van der Waals surface area contributed by atoms with E-state index in [0.29, 0.717) is 23.2 Å². The lowest BCUT2D eigenvalue weighted by Gasteiger charge is -2.17. The van der Waals surface area contributed by atoms with E-state index in [4.69, 9.17) is 8.94 Å². The summed E-state index contributed by atoms with van der Waals surface area (Å²) < 4.78 is 10.1. The summed E-state index contributed by atoms with van der Waals surface area (Å²) in [4.78, 5) is 16.0. The van der Waals surface area contributed by atoms with Crippen molar-refractivity contribution in [3.8, 4) is 0 Å². The van der Waals surface area contributed by atoms with E-state index < -0.39 is 9.74 Å². The van der Waals surface area contributed by atoms with Gasteiger partial charge in [0.2, 0.25) is 11.8 Å². The Kier molecular flexibility index (Phi) is 3.97. The number of alkyl halides is 1. The highest BCUT2D eigenvalue weighted by atomic mass is 79.9. The molecule has 0 spiro atoms. The van der Waals surface area contributed by atoms with Crippen molar-refractivity contribution >= 4 is 27.7 Å². The molecule has 0 aromatic carbocycles. The molecule has 1 N–H and O–H groups in total. The molecule has 0 saturated carbocycles. The number of aryl methyl sites for hydroxylation is 1. The lowest BCUT2D eigenvalue weighted by atomic mass is 9.87. The normalized spacial score (nSPS) is 12.5. The van der Waals surface area contributed by atoms with Gasteiger partial charge >= 0.3 is 0 Å². The van der Waals surface area contributed by atoms with Gasteiger partial charge in [-0.15, -0.1) is 0 Å². The van der Waals surface area contributed by atoms with Crippen LogP contribution in [0.25, 0.3) is 0 Å². The minimum Gasteiger partial charge on any atom is -0.445 e. The number of halogens is 1. The van der Waals surface area contributed by atoms with Crippen LogP contribution < -0.4 is 5.32 Å². The van der Waals surface area contributed by atoms with Crippen LogP contribution in [0, 0.1) is 6.92 Å². The molecule has 0 fully saturated rings. The van der Waals surface area contributed by atoms with E-state index >= 15 is 0 Å². The van der Waals surface area contributed by atoms with Gasteiger partial charge in [-0.2, -0.15) is 0 Å². The Morgan fingerprint density at radius 1 is 1.33 bits per heavy atom. The van der Waals surface area contributed by atoms with Gasteiger partial charge in [0.15, 0.2) is 5.89 Å². The summed E-state index contributed by atoms with van der Waals surface area (Å²) in [5, 5.41) is 6.69. The maximum atomic E-state index is 11.9. The Morgan fingerprint density at radius 2 is 2.00 bits per heavy atom. The van der Waals surface area contributed by atoms with Gasteiger partial charge in [-0.25, -0.2) is 4.98 Å². The van der Waals surface area contributed by atoms with Crippen LogP contribution in [-0.2, 0) is 10.2 Å². The zero-order chi connectivity index (χ0) is 15.8. The predicted octanol–water partition coefficient (Wildman–Crippen LogP) is 3.41. The van der Waals surface area contributed by atoms with Crippen LogP contribution in [0.3, 0.4) is 0 Å². The number of hydrogen-bond acceptors (Lipinski definition) is 5. The number of nitrogens with one attached hydrogen (secondary N) is 1. The van der Waals surface area contributed by atoms with E-state index in [-0.39, 0.29) is 5.91 Å². The highest BCUT2D eigenvalue weighted by Gasteiger charge is 2.32. The maximum absolute atomic E-state index is 11.9. The molecule has 0 radical (unpaired) electrons. The van der Waals surface area contributed by atoms with Gasteiger partial charge < -0.3 is 8.94 Å². The van der Waals surface area contributed by atoms with Crippen LogP contribution in [0.15, 0.2) is 21.2 Å². The summed E-state index contributed by atoms with van der Waals surface area (Å²) in [6.45, 7) is 9.18. The van der Waals surface area contributed by atoms with Crippen molar-refractivity contribution in [3.63, 3.8) is 0 Å². The summed E-state index contributed by atoms with van der Waals surface area (Å²) in [7, 11) is 0. The number of hydrogen-bond donors (Lipinski definition) is 1. The van der Waals surface area contributed by atoms with Crippen molar-refractivity contribution in [3.05, 3.63) is 29.6 Å². The SMILES string of the molecule is Cc1ncc(C(C)(C)c2cc(NC(=O)C(C)(C)Br)on2)o1. The highest BCUT2D eigenvalue weighted by Crippen LogP contribution is 2.32. The third kappa shape index (κ3) is 3.34. The highest BCUT2D eigenvalue weighted by molar-refractivity contribution is 9.10. The Balaban J connectivity index is 2.21. The lowest BCUT2D eigenvalue weighted by Crippen LogP contribution is -2.30. The first-order chi connectivity index (χ1) is 9.60. The molecule has 2 rings (SSSR count). The first kappa shape index (κ1) is 15.8. The van der Waals surface area contributed by atoms with E-state index in [2.05, 4.69) is 31.4 Å². The molecular weight excluding hydrogens is 338 g/mol. The van der Waals surface area contributed by atoms with Gasteiger partial charge in [0.25, 0.3) is 0 Å². The quantitative estimate of drug-likeness (QED) is 0.849. The standard InChI is InChI=1S/C14H18BrN3O3/c1-8-16-7-10(20-8)13(2,3)9-6-11(21-18-9)17-12(19)14(4,5)15/h6-7H,1-5H3,(H,17,19). The van der Waals surface area contributed by atoms with E-state index in [1.165, 1.54) is 0 Å². The zero-order valence-electron chi connectivity index (χ0n) is 12.7. The summed E-state index contributed by atoms with van der Waals surface area (Å²) in [5.41, 5.74) is 0.152. The van der Waals surface area contributed by atoms with E-state index in [1.54, 1.807) is 33.0 Å². The fraction of sp³-hybridized carbons (Fsp3) is 0.500. The third-order valence-electron chi connectivity index (χ3n) is 3.16. The van der Waals surface area contributed by atoms with Crippen molar-refractivity contribution in [2.24, 2.45) is 0 Å². The second kappa shape index (κ2) is 5.29. The number of carbonyl (C=O) groups excluding carboxylic acids is 1. The number of carbonyl (C=O) groups is 1. The molecule has 21 heavy (non-hydrogen) atoms. The number of nitrogens with zero attached hydrogens (tertiary/aromatic N) is 2. The summed E-state index contributed by atoms with van der Waals surface area (Å²) in [5.74, 6) is 1.37. The lowest BCUT2D eigenvalue weighted by molar-refractivity contribution is -0.117. The molecule has 0 bridgehead atoms. The third-order valence-corrected chi connectivity index (χ3v) is 3.52. The molecule has 0 atom stereocenters. The molecule has 0 aliphatic heterocycles. The largest absolute Gasteiger partial charge is 0.445 e. The monoisotopic (exact) mass is 355 g/mol. The molecule has 2 aromatic heterocycles. The van der Waals surface area contributed by atoms with E-state index in [9.17, 15) is 4.79 Å². The molecule has 2 aromatic rings. The second-order valence-electron chi connectivity index (χ2n) is 5.87. The van der Waals surface area contributed by atoms with Crippen molar-refractivity contribution in [2.75, 3.05) is 5.32 Å². The summed E-state index contributed by atoms with van der Waals surface area (Å²) in [6, 6.07) is 1.69. The molecule has 0 unspecified atom stereocenters. The molecule has 114 valence electrons. The molecule has 2 heterocycles. The first-order valence-corrected chi connectivity index (χ1v) is 7.30. The Morgan fingerprint density at radius 3 is 2.52 bits per heavy atom. The van der Waals surface area contributed by atoms with Crippen LogP contribution in [0.1, 0.15) is 45.0 Å². The van der Waals surface area contributed by atoms with Crippen LogP contribution in [-0.4, -0.2) is 20.4 Å². The van der Waals surface area contributed by atoms with Crippen molar-refractivity contribution in [2.45, 2.75) is 44.4 Å². The first-order valence-electron chi connectivity index (χ1n) is 6.51. The topological polar surface area (TPSA) is 81.2 Å². The summed E-state index contributed by atoms with van der Waals surface area (Å²) >= 11 is 3.29. The van der Waals surface area contributed by atoms with Gasteiger partial charge in [0, 0.05) is 13.0 Å². The zero-order valence-corrected chi connectivity index (χ0v) is 14.2. The number of rotatable bonds is 4. The van der Waals surface area contributed by atoms with Crippen molar-refractivity contribution in [1.82, 2.24) is 10.1 Å². The van der Waals surface area contributed by atoms with Crippen molar-refractivity contribution < 1.29 is 13.7 Å². The molecule has 0 aliphatic carbocycles. The van der Waals surface area contributed by atoms with Crippen molar-refractivity contribution in [1.29, 1.82) is 0 Å². The van der Waals surface area contributed by atoms with E-state index in [0.717, 1.165) is 0 Å². The number of aromatic nitrogens is 2. The van der Waals surface area contributed by atoms with Crippen LogP contribution in [0.5, 0.6) is 0 Å². The molecule has 7 heteroatoms. The molecule has 0 saturated heterocycles. The fourth-order valence-electron chi connectivity index (χ4n) is 1.67. The molecular formula is C14H18BrN3O3. The smallest absolute Gasteiger partial charge is 0.243 e. The molecule has 1 amide bonds. The Bertz CT molecular complexity index is 652. The van der Waals surface area contributed by atoms with Gasteiger partial charge in [0.1, 0.15) is 5.76 Å². The minimum absolute atomic E-state index is 0.210. The number of oxazole rings is 1. The maximum Gasteiger partial charge on any atom is 0.243 e. The fourth-order valence-corrected chi connectivity index (χ4v) is 1.76. The molecule has 6 nitrogen and oxygen atoms in total. The summed E-state index contributed by atoms with van der Waals surface area (Å²) in [6.07, 6.45) is 1.67.